The van der Waals surface area contributed by atoms with E-state index in [9.17, 15) is 4.79 Å². The van der Waals surface area contributed by atoms with Crippen molar-refractivity contribution in [1.29, 1.82) is 0 Å². The minimum Gasteiger partial charge on any atom is -0.445 e. The first-order chi connectivity index (χ1) is 20.7. The van der Waals surface area contributed by atoms with Crippen molar-refractivity contribution in [3.8, 4) is 11.8 Å². The molecule has 3 aromatic heterocycles. The molecule has 7 rings (SSSR count). The third kappa shape index (κ3) is 5.78. The van der Waals surface area contributed by atoms with E-state index in [1.54, 1.807) is 22.6 Å². The zero-order valence-electron chi connectivity index (χ0n) is 22.8. The van der Waals surface area contributed by atoms with Gasteiger partial charge in [0.1, 0.15) is 12.4 Å². The van der Waals surface area contributed by atoms with Crippen LogP contribution in [0, 0.1) is 11.8 Å². The Labute approximate surface area is 246 Å². The first-order valence-corrected chi connectivity index (χ1v) is 14.8. The molecule has 0 aliphatic carbocycles. The third-order valence-corrected chi connectivity index (χ3v) is 8.43. The highest BCUT2D eigenvalue weighted by Gasteiger charge is 2.28. The van der Waals surface area contributed by atoms with Crippen LogP contribution in [0.5, 0.6) is 0 Å². The second-order valence-corrected chi connectivity index (χ2v) is 11.4. The summed E-state index contributed by atoms with van der Waals surface area (Å²) in [6.45, 7) is 3.57. The fourth-order valence-corrected chi connectivity index (χ4v) is 6.13. The van der Waals surface area contributed by atoms with E-state index in [1.807, 2.05) is 41.2 Å². The molecule has 0 saturated carbocycles. The van der Waals surface area contributed by atoms with Gasteiger partial charge in [0.2, 0.25) is 0 Å². The Balaban J connectivity index is 1.02. The molecule has 2 N–H and O–H groups in total. The summed E-state index contributed by atoms with van der Waals surface area (Å²) in [4.78, 5) is 24.0. The van der Waals surface area contributed by atoms with Crippen LogP contribution in [0.1, 0.15) is 16.9 Å². The molecule has 2 fully saturated rings. The molecule has 0 spiro atoms. The molecule has 2 saturated heterocycles. The molecule has 42 heavy (non-hydrogen) atoms. The number of carbonyl (C=O) groups is 1. The van der Waals surface area contributed by atoms with E-state index < -0.39 is 0 Å². The normalized spacial score (nSPS) is 18.6. The lowest BCUT2D eigenvalue weighted by Crippen LogP contribution is -2.42. The number of hydrogen-bond acceptors (Lipinski definition) is 9. The lowest BCUT2D eigenvalue weighted by Gasteiger charge is -2.27. The van der Waals surface area contributed by atoms with Crippen LogP contribution in [0.25, 0.3) is 21.1 Å². The van der Waals surface area contributed by atoms with Gasteiger partial charge in [0.25, 0.3) is 0 Å². The van der Waals surface area contributed by atoms with Crippen LogP contribution in [0.3, 0.4) is 0 Å². The number of aromatic nitrogens is 4. The highest BCUT2D eigenvalue weighted by molar-refractivity contribution is 7.20. The predicted octanol–water partition coefficient (Wildman–Crippen LogP) is 4.38. The first kappa shape index (κ1) is 26.4. The average molecular weight is 580 g/mol. The third-order valence-electron chi connectivity index (χ3n) is 7.39. The largest absolute Gasteiger partial charge is 0.445 e. The van der Waals surface area contributed by atoms with E-state index in [4.69, 9.17) is 9.47 Å². The average Bonchev–Trinajstić information content (AvgIpc) is 3.76. The standard InChI is InChI=1S/C31H29N7O3S/c39-31(37-10-12-40-13-11-37)41-25-15-23(32-18-25)6-8-26-16-27-29(42-26)30(34-20-33-27)36-24-7-9-28-22(14-24)17-35-38(28)19-21-4-2-1-3-5-21/h1-5,7,9,14,16-17,20,23,25,32H,10-13,15,18-19H2,(H,33,34,36)/t23-,25+/m0/s1. The van der Waals surface area contributed by atoms with Crippen molar-refractivity contribution in [3.63, 3.8) is 0 Å². The van der Waals surface area contributed by atoms with Gasteiger partial charge in [0, 0.05) is 37.1 Å². The molecule has 11 heteroatoms. The number of ether oxygens (including phenoxy) is 2. The highest BCUT2D eigenvalue weighted by Crippen LogP contribution is 2.31. The molecule has 0 bridgehead atoms. The summed E-state index contributed by atoms with van der Waals surface area (Å²) in [6.07, 6.45) is 3.65. The molecule has 0 radical (unpaired) electrons. The Hall–Kier alpha value is -4.50. The van der Waals surface area contributed by atoms with Gasteiger partial charge < -0.3 is 19.7 Å². The zero-order chi connectivity index (χ0) is 28.3. The number of nitrogens with zero attached hydrogens (tertiary/aromatic N) is 5. The lowest BCUT2D eigenvalue weighted by molar-refractivity contribution is 0.0156. The molecule has 5 heterocycles. The maximum Gasteiger partial charge on any atom is 0.410 e. The number of anilines is 2. The van der Waals surface area contributed by atoms with Gasteiger partial charge in [-0.3, -0.25) is 10.00 Å². The number of hydrogen-bond donors (Lipinski definition) is 2. The van der Waals surface area contributed by atoms with Crippen molar-refractivity contribution in [2.45, 2.75) is 25.1 Å². The second-order valence-electron chi connectivity index (χ2n) is 10.3. The van der Waals surface area contributed by atoms with Gasteiger partial charge in [-0.2, -0.15) is 5.10 Å². The smallest absolute Gasteiger partial charge is 0.410 e. The lowest BCUT2D eigenvalue weighted by atomic mass is 10.2. The van der Waals surface area contributed by atoms with Gasteiger partial charge in [0.05, 0.1) is 52.6 Å². The number of morpholine rings is 1. The Bertz CT molecular complexity index is 1790. The Kier molecular flexibility index (Phi) is 7.40. The zero-order valence-corrected chi connectivity index (χ0v) is 23.6. The number of rotatable bonds is 5. The van der Waals surface area contributed by atoms with Gasteiger partial charge >= 0.3 is 6.09 Å². The Morgan fingerprint density at radius 3 is 2.90 bits per heavy atom. The van der Waals surface area contributed by atoms with E-state index in [0.29, 0.717) is 39.3 Å². The molecular formula is C31H29N7O3S. The summed E-state index contributed by atoms with van der Waals surface area (Å²) in [5.41, 5.74) is 4.05. The first-order valence-electron chi connectivity index (χ1n) is 14.0. The highest BCUT2D eigenvalue weighted by atomic mass is 32.1. The predicted molar refractivity (Wildman–Crippen MR) is 162 cm³/mol. The summed E-state index contributed by atoms with van der Waals surface area (Å²) in [7, 11) is 0. The van der Waals surface area contributed by atoms with Crippen molar-refractivity contribution < 1.29 is 14.3 Å². The SMILES string of the molecule is O=C(O[C@H]1CN[C@@H](C#Cc2cc3ncnc(Nc4ccc5c(cnn5Cc5ccccc5)c4)c3s2)C1)N1CCOCC1. The maximum absolute atomic E-state index is 12.4. The summed E-state index contributed by atoms with van der Waals surface area (Å²) in [5, 5.41) is 12.5. The van der Waals surface area contributed by atoms with Crippen LogP contribution in [-0.4, -0.2) is 75.7 Å². The van der Waals surface area contributed by atoms with Crippen LogP contribution < -0.4 is 10.6 Å². The van der Waals surface area contributed by atoms with Crippen LogP contribution >= 0.6 is 11.3 Å². The maximum atomic E-state index is 12.4. The van der Waals surface area contributed by atoms with Crippen molar-refractivity contribution in [2.24, 2.45) is 0 Å². The van der Waals surface area contributed by atoms with Crippen molar-refractivity contribution >= 4 is 50.1 Å². The van der Waals surface area contributed by atoms with Gasteiger partial charge in [-0.05, 0) is 29.8 Å². The van der Waals surface area contributed by atoms with Gasteiger partial charge in [0.15, 0.2) is 5.82 Å². The van der Waals surface area contributed by atoms with Crippen LogP contribution in [0.2, 0.25) is 0 Å². The van der Waals surface area contributed by atoms with Gasteiger partial charge in [-0.25, -0.2) is 14.8 Å². The van der Waals surface area contributed by atoms with E-state index in [2.05, 4.69) is 61.8 Å². The molecule has 2 aliphatic heterocycles. The van der Waals surface area contributed by atoms with Gasteiger partial charge in [-0.15, -0.1) is 11.3 Å². The van der Waals surface area contributed by atoms with Crippen LogP contribution in [0.15, 0.2) is 67.1 Å². The molecule has 2 atom stereocenters. The Morgan fingerprint density at radius 1 is 1.14 bits per heavy atom. The monoisotopic (exact) mass is 579 g/mol. The topological polar surface area (TPSA) is 106 Å². The van der Waals surface area contributed by atoms with E-state index in [-0.39, 0.29) is 18.2 Å². The van der Waals surface area contributed by atoms with E-state index >= 15 is 0 Å². The minimum absolute atomic E-state index is 0.0454. The number of fused-ring (bicyclic) bond motifs is 2. The summed E-state index contributed by atoms with van der Waals surface area (Å²) in [5.74, 6) is 7.32. The molecule has 2 aliphatic rings. The molecule has 1 amide bonds. The van der Waals surface area contributed by atoms with E-state index in [1.165, 1.54) is 5.56 Å². The second kappa shape index (κ2) is 11.8. The Morgan fingerprint density at radius 2 is 2.02 bits per heavy atom. The number of carbonyl (C=O) groups excluding carboxylic acids is 1. The summed E-state index contributed by atoms with van der Waals surface area (Å²) in [6, 6.07) is 18.5. The van der Waals surface area contributed by atoms with Crippen molar-refractivity contribution in [2.75, 3.05) is 38.2 Å². The molecule has 212 valence electrons. The quantitative estimate of drug-likeness (QED) is 0.296. The van der Waals surface area contributed by atoms with Gasteiger partial charge in [-0.1, -0.05) is 42.2 Å². The summed E-state index contributed by atoms with van der Waals surface area (Å²) < 4.78 is 13.9. The van der Waals surface area contributed by atoms with Crippen molar-refractivity contribution in [1.82, 2.24) is 30.0 Å². The summed E-state index contributed by atoms with van der Waals surface area (Å²) >= 11 is 1.56. The minimum atomic E-state index is -0.276. The fraction of sp³-hybridized carbons (Fsp3) is 0.290. The molecular weight excluding hydrogens is 550 g/mol. The van der Waals surface area contributed by atoms with Crippen molar-refractivity contribution in [3.05, 3.63) is 77.6 Å². The number of amides is 1. The number of nitrogens with one attached hydrogen (secondary N) is 2. The molecule has 2 aromatic carbocycles. The van der Waals surface area contributed by atoms with Crippen LogP contribution in [-0.2, 0) is 16.0 Å². The number of thiophene rings is 1. The van der Waals surface area contributed by atoms with E-state index in [0.717, 1.165) is 44.0 Å². The molecule has 0 unspecified atom stereocenters. The van der Waals surface area contributed by atoms with Crippen LogP contribution in [0.4, 0.5) is 16.3 Å². The molecule has 5 aromatic rings. The number of benzene rings is 2. The molecule has 10 nitrogen and oxygen atoms in total. The fourth-order valence-electron chi connectivity index (χ4n) is 5.21.